The topological polar surface area (TPSA) is 84.3 Å². The van der Waals surface area contributed by atoms with Crippen LogP contribution in [0.15, 0.2) is 54.7 Å². The van der Waals surface area contributed by atoms with Crippen molar-refractivity contribution in [3.63, 3.8) is 0 Å². The number of pyridine rings is 1. The Morgan fingerprint density at radius 2 is 1.85 bits per heavy atom. The third-order valence-corrected chi connectivity index (χ3v) is 7.18. The molecule has 0 aliphatic carbocycles. The van der Waals surface area contributed by atoms with Gasteiger partial charge in [0.1, 0.15) is 35.3 Å². The molecule has 5 aromatic rings. The Labute approximate surface area is 232 Å². The zero-order valence-electron chi connectivity index (χ0n) is 23.3. The minimum absolute atomic E-state index is 0.241. The molecule has 4 heterocycles. The van der Waals surface area contributed by atoms with Gasteiger partial charge in [-0.15, -0.1) is 0 Å². The predicted molar refractivity (Wildman–Crippen MR) is 153 cm³/mol. The van der Waals surface area contributed by atoms with E-state index in [-0.39, 0.29) is 5.82 Å². The molecule has 2 aromatic carbocycles. The molecule has 0 saturated heterocycles. The SMILES string of the molecule is Cc1nc2[nH+]cc(-c3ccc4c(c3)CN(c3nc(CN(C)C)nc(C)c3Cc3ccc(F)cc3)CCO4)cc2[nH]1. The molecule has 2 N–H and O–H groups in total. The van der Waals surface area contributed by atoms with Crippen LogP contribution in [0.3, 0.4) is 0 Å². The maximum absolute atomic E-state index is 13.6. The summed E-state index contributed by atoms with van der Waals surface area (Å²) in [6.07, 6.45) is 2.61. The average molecular weight is 539 g/mol. The first-order chi connectivity index (χ1) is 19.3. The fourth-order valence-electron chi connectivity index (χ4n) is 5.26. The number of imidazole rings is 1. The molecule has 0 saturated carbocycles. The lowest BCUT2D eigenvalue weighted by Gasteiger charge is -2.26. The lowest BCUT2D eigenvalue weighted by Crippen LogP contribution is -2.29. The Morgan fingerprint density at radius 1 is 1.02 bits per heavy atom. The van der Waals surface area contributed by atoms with Gasteiger partial charge in [-0.3, -0.25) is 0 Å². The number of aromatic nitrogens is 5. The Hall–Kier alpha value is -4.37. The Kier molecular flexibility index (Phi) is 6.89. The molecule has 0 radical (unpaired) electrons. The van der Waals surface area contributed by atoms with Gasteiger partial charge >= 0.3 is 5.65 Å². The van der Waals surface area contributed by atoms with Crippen molar-refractivity contribution in [2.45, 2.75) is 33.4 Å². The van der Waals surface area contributed by atoms with Gasteiger partial charge < -0.3 is 19.5 Å². The number of nitrogens with zero attached hydrogens (tertiary/aromatic N) is 5. The van der Waals surface area contributed by atoms with Crippen LogP contribution in [0.5, 0.6) is 5.75 Å². The van der Waals surface area contributed by atoms with E-state index in [1.807, 2.05) is 46.3 Å². The second-order valence-corrected chi connectivity index (χ2v) is 10.6. The lowest BCUT2D eigenvalue weighted by atomic mass is 10.0. The normalized spacial score (nSPS) is 13.4. The molecular weight excluding hydrogens is 505 g/mol. The molecule has 6 rings (SSSR count). The minimum Gasteiger partial charge on any atom is -0.491 e. The molecule has 0 unspecified atom stereocenters. The fraction of sp³-hybridized carbons (Fsp3) is 0.290. The summed E-state index contributed by atoms with van der Waals surface area (Å²) in [4.78, 5) is 25.3. The van der Waals surface area contributed by atoms with Crippen LogP contribution in [0, 0.1) is 19.7 Å². The molecule has 3 aromatic heterocycles. The maximum atomic E-state index is 13.6. The van der Waals surface area contributed by atoms with Gasteiger partial charge in [-0.2, -0.15) is 0 Å². The van der Waals surface area contributed by atoms with Crippen LogP contribution in [0.1, 0.15) is 34.0 Å². The highest BCUT2D eigenvalue weighted by molar-refractivity contribution is 5.76. The molecule has 40 heavy (non-hydrogen) atoms. The summed E-state index contributed by atoms with van der Waals surface area (Å²) in [6.45, 7) is 6.50. The van der Waals surface area contributed by atoms with E-state index in [1.165, 1.54) is 12.1 Å². The number of rotatable bonds is 6. The van der Waals surface area contributed by atoms with Gasteiger partial charge in [-0.1, -0.05) is 18.2 Å². The van der Waals surface area contributed by atoms with Crippen LogP contribution in [-0.4, -0.2) is 52.1 Å². The van der Waals surface area contributed by atoms with E-state index in [4.69, 9.17) is 14.7 Å². The number of hydrogen-bond acceptors (Lipinski definition) is 6. The van der Waals surface area contributed by atoms with Crippen molar-refractivity contribution >= 4 is 17.0 Å². The van der Waals surface area contributed by atoms with Crippen LogP contribution in [0.4, 0.5) is 10.2 Å². The van der Waals surface area contributed by atoms with Gasteiger partial charge in [0.2, 0.25) is 5.82 Å². The van der Waals surface area contributed by atoms with E-state index in [2.05, 4.69) is 49.0 Å². The first-order valence-corrected chi connectivity index (χ1v) is 13.5. The van der Waals surface area contributed by atoms with E-state index in [0.29, 0.717) is 32.7 Å². The van der Waals surface area contributed by atoms with E-state index in [0.717, 1.165) is 67.9 Å². The second kappa shape index (κ2) is 10.7. The smallest absolute Gasteiger partial charge is 0.346 e. The molecule has 0 fully saturated rings. The van der Waals surface area contributed by atoms with E-state index < -0.39 is 0 Å². The molecule has 0 spiro atoms. The summed E-state index contributed by atoms with van der Waals surface area (Å²) in [5, 5.41) is 0. The van der Waals surface area contributed by atoms with Crippen molar-refractivity contribution in [1.29, 1.82) is 0 Å². The van der Waals surface area contributed by atoms with Gasteiger partial charge in [0.15, 0.2) is 0 Å². The number of ether oxygens (including phenoxy) is 1. The van der Waals surface area contributed by atoms with Crippen LogP contribution >= 0.6 is 0 Å². The number of aryl methyl sites for hydroxylation is 2. The van der Waals surface area contributed by atoms with Gasteiger partial charge in [-0.25, -0.2) is 19.3 Å². The number of halogens is 1. The minimum atomic E-state index is -0.241. The van der Waals surface area contributed by atoms with Crippen molar-refractivity contribution in [2.75, 3.05) is 32.1 Å². The molecule has 8 nitrogen and oxygen atoms in total. The van der Waals surface area contributed by atoms with Gasteiger partial charge in [0.25, 0.3) is 0 Å². The highest BCUT2D eigenvalue weighted by Gasteiger charge is 2.23. The van der Waals surface area contributed by atoms with E-state index in [9.17, 15) is 4.39 Å². The molecule has 0 bridgehead atoms. The third-order valence-electron chi connectivity index (χ3n) is 7.18. The number of H-pyrrole nitrogens is 2. The largest absolute Gasteiger partial charge is 0.491 e. The van der Waals surface area contributed by atoms with Crippen molar-refractivity contribution in [2.24, 2.45) is 0 Å². The number of anilines is 1. The zero-order chi connectivity index (χ0) is 27.8. The molecule has 1 aliphatic rings. The highest BCUT2D eigenvalue weighted by Crippen LogP contribution is 2.33. The Morgan fingerprint density at radius 3 is 2.65 bits per heavy atom. The summed E-state index contributed by atoms with van der Waals surface area (Å²) in [5.74, 6) is 3.19. The van der Waals surface area contributed by atoms with Gasteiger partial charge in [0, 0.05) is 42.3 Å². The lowest BCUT2D eigenvalue weighted by molar-refractivity contribution is -0.346. The summed E-state index contributed by atoms with van der Waals surface area (Å²) in [7, 11) is 4.03. The van der Waals surface area contributed by atoms with Crippen LogP contribution in [0.2, 0.25) is 0 Å². The Balaban J connectivity index is 1.38. The summed E-state index contributed by atoms with van der Waals surface area (Å²) < 4.78 is 19.8. The van der Waals surface area contributed by atoms with Crippen molar-refractivity contribution in [1.82, 2.24) is 24.8 Å². The van der Waals surface area contributed by atoms with Crippen molar-refractivity contribution in [3.8, 4) is 16.9 Å². The number of nitrogens with one attached hydrogen (secondary N) is 2. The molecule has 0 amide bonds. The second-order valence-electron chi connectivity index (χ2n) is 10.6. The monoisotopic (exact) mass is 538 g/mol. The highest BCUT2D eigenvalue weighted by atomic mass is 19.1. The van der Waals surface area contributed by atoms with Crippen LogP contribution in [-0.2, 0) is 19.5 Å². The summed E-state index contributed by atoms with van der Waals surface area (Å²) in [5.41, 5.74) is 8.06. The summed E-state index contributed by atoms with van der Waals surface area (Å²) in [6, 6.07) is 15.1. The quantitative estimate of drug-likeness (QED) is 0.339. The summed E-state index contributed by atoms with van der Waals surface area (Å²) >= 11 is 0. The van der Waals surface area contributed by atoms with Crippen LogP contribution in [0.25, 0.3) is 22.3 Å². The number of benzene rings is 2. The van der Waals surface area contributed by atoms with Gasteiger partial charge in [-0.05, 0) is 67.5 Å². The third kappa shape index (κ3) is 5.37. The standard InChI is InChI=1S/C31H32FN7O/c1-19-26(13-21-5-8-25(32)9-6-21)31(37-29(34-19)18-38(3)4)39-11-12-40-28-10-7-22(14-24(28)17-39)23-15-27-30(33-16-23)36-20(2)35-27/h5-10,14-16H,11-13,17-18H2,1-4H3,(H,33,35,36)/p+1. The number of fused-ring (bicyclic) bond motifs is 2. The molecular formula is C31H33FN7O+. The van der Waals surface area contributed by atoms with Crippen molar-refractivity contribution in [3.05, 3.63) is 94.6 Å². The van der Waals surface area contributed by atoms with Crippen LogP contribution < -0.4 is 14.6 Å². The van der Waals surface area contributed by atoms with Crippen molar-refractivity contribution < 1.29 is 14.1 Å². The zero-order valence-corrected chi connectivity index (χ0v) is 23.3. The average Bonchev–Trinajstić information content (AvgIpc) is 3.16. The number of hydrogen-bond donors (Lipinski definition) is 1. The number of aromatic amines is 2. The Bertz CT molecular complexity index is 1680. The first kappa shape index (κ1) is 25.9. The predicted octanol–water partition coefficient (Wildman–Crippen LogP) is 4.64. The van der Waals surface area contributed by atoms with E-state index >= 15 is 0 Å². The maximum Gasteiger partial charge on any atom is 0.346 e. The van der Waals surface area contributed by atoms with E-state index in [1.54, 1.807) is 0 Å². The first-order valence-electron chi connectivity index (χ1n) is 13.5. The molecule has 0 atom stereocenters. The molecule has 204 valence electrons. The molecule has 1 aliphatic heterocycles. The fourth-order valence-corrected chi connectivity index (χ4v) is 5.26. The molecule has 9 heteroatoms. The van der Waals surface area contributed by atoms with Gasteiger partial charge in [0.05, 0.1) is 19.3 Å².